The zero-order chi connectivity index (χ0) is 66.0. The van der Waals surface area contributed by atoms with E-state index in [4.69, 9.17) is 0 Å². The van der Waals surface area contributed by atoms with Crippen molar-refractivity contribution in [2.24, 2.45) is 41.4 Å². The predicted octanol–water partition coefficient (Wildman–Crippen LogP) is 3.27. The van der Waals surface area contributed by atoms with Gasteiger partial charge in [-0.2, -0.15) is 0 Å². The number of likely N-dealkylation sites (N-methyl/N-ethyl adjacent to an activating group) is 7. The molecule has 0 unspecified atom stereocenters. The van der Waals surface area contributed by atoms with E-state index in [1.165, 1.54) is 82.8 Å². The van der Waals surface area contributed by atoms with E-state index in [1.54, 1.807) is 60.6 Å². The number of allylic oxidation sites excluding steroid dienone is 2. The molecule has 0 aliphatic carbocycles. The fourth-order valence-electron chi connectivity index (χ4n) is 10.6. The average Bonchev–Trinajstić information content (AvgIpc) is 3.59. The van der Waals surface area contributed by atoms with Crippen LogP contribution in [0.4, 0.5) is 0 Å². The molecule has 85 heavy (non-hydrogen) atoms. The lowest BCUT2D eigenvalue weighted by Crippen LogP contribution is -2.63. The number of carbonyl (C=O) groups excluding carboxylic acids is 11. The lowest BCUT2D eigenvalue weighted by molar-refractivity contribution is -0.157. The van der Waals surface area contributed by atoms with Crippen LogP contribution < -0.4 is 21.3 Å². The molecule has 23 heteroatoms. The first kappa shape index (κ1) is 76.9. The van der Waals surface area contributed by atoms with E-state index < -0.39 is 156 Å². The number of hydrogen-bond donors (Lipinski definition) is 5. The van der Waals surface area contributed by atoms with Crippen molar-refractivity contribution in [3.63, 3.8) is 0 Å². The molecule has 11 amide bonds. The highest BCUT2D eigenvalue weighted by molar-refractivity contribution is 5.99. The molecular formula is C62H111N11O12. The van der Waals surface area contributed by atoms with Crippen LogP contribution in [0.5, 0.6) is 0 Å². The van der Waals surface area contributed by atoms with Crippen molar-refractivity contribution in [1.29, 1.82) is 0 Å². The van der Waals surface area contributed by atoms with Gasteiger partial charge in [-0.25, -0.2) is 0 Å². The van der Waals surface area contributed by atoms with Crippen LogP contribution in [0.15, 0.2) is 12.2 Å². The van der Waals surface area contributed by atoms with Gasteiger partial charge in [-0.05, 0) is 101 Å². The first-order chi connectivity index (χ1) is 39.2. The molecule has 1 fully saturated rings. The van der Waals surface area contributed by atoms with Gasteiger partial charge >= 0.3 is 0 Å². The minimum absolute atomic E-state index is 0.0228. The molecule has 12 atom stereocenters. The van der Waals surface area contributed by atoms with Crippen LogP contribution in [0, 0.1) is 41.4 Å². The number of amides is 11. The van der Waals surface area contributed by atoms with E-state index >= 15 is 14.4 Å². The van der Waals surface area contributed by atoms with E-state index in [9.17, 15) is 43.5 Å². The first-order valence-corrected chi connectivity index (χ1v) is 30.6. The number of aliphatic hydroxyl groups excluding tert-OH is 1. The van der Waals surface area contributed by atoms with Crippen LogP contribution in [-0.4, -0.2) is 227 Å². The Labute approximate surface area is 508 Å². The second-order valence-corrected chi connectivity index (χ2v) is 26.1. The van der Waals surface area contributed by atoms with E-state index in [2.05, 4.69) is 21.3 Å². The smallest absolute Gasteiger partial charge is 0.246 e. The summed E-state index contributed by atoms with van der Waals surface area (Å²) in [6, 6.07) is -12.3. The maximum atomic E-state index is 15.1. The monoisotopic (exact) mass is 1200 g/mol. The summed E-state index contributed by atoms with van der Waals surface area (Å²) in [6.45, 7) is 29.4. The summed E-state index contributed by atoms with van der Waals surface area (Å²) in [5, 5.41) is 23.2. The van der Waals surface area contributed by atoms with Crippen molar-refractivity contribution in [1.82, 2.24) is 55.6 Å². The normalized spacial score (nSPS) is 26.9. The maximum Gasteiger partial charge on any atom is 0.246 e. The molecule has 0 radical (unpaired) electrons. The van der Waals surface area contributed by atoms with Crippen molar-refractivity contribution < 1.29 is 57.8 Å². The lowest BCUT2D eigenvalue weighted by Gasteiger charge is -2.41. The zero-order valence-electron chi connectivity index (χ0n) is 56.1. The van der Waals surface area contributed by atoms with Crippen LogP contribution in [0.2, 0.25) is 0 Å². The second kappa shape index (κ2) is 34.9. The van der Waals surface area contributed by atoms with E-state index in [0.717, 1.165) is 14.7 Å². The van der Waals surface area contributed by atoms with Crippen LogP contribution in [0.25, 0.3) is 0 Å². The summed E-state index contributed by atoms with van der Waals surface area (Å²) in [6.07, 6.45) is 3.03. The molecule has 5 N–H and O–H groups in total. The summed E-state index contributed by atoms with van der Waals surface area (Å²) < 4.78 is 0. The zero-order valence-corrected chi connectivity index (χ0v) is 56.1. The summed E-state index contributed by atoms with van der Waals surface area (Å²) in [4.78, 5) is 168. The van der Waals surface area contributed by atoms with Crippen LogP contribution in [0.3, 0.4) is 0 Å². The third-order valence-corrected chi connectivity index (χ3v) is 16.2. The molecule has 0 saturated carbocycles. The van der Waals surface area contributed by atoms with Gasteiger partial charge < -0.3 is 60.7 Å². The topological polar surface area (TPSA) is 279 Å². The second-order valence-electron chi connectivity index (χ2n) is 26.1. The molecular weight excluding hydrogens is 1090 g/mol. The lowest BCUT2D eigenvalue weighted by atomic mass is 9.91. The third-order valence-electron chi connectivity index (χ3n) is 16.2. The van der Waals surface area contributed by atoms with Crippen molar-refractivity contribution in [2.45, 2.75) is 223 Å². The summed E-state index contributed by atoms with van der Waals surface area (Å²) in [7, 11) is 9.87. The van der Waals surface area contributed by atoms with Gasteiger partial charge in [0.2, 0.25) is 65.0 Å². The molecule has 0 aromatic rings. The number of hydrogen-bond acceptors (Lipinski definition) is 12. The quantitative estimate of drug-likeness (QED) is 0.148. The van der Waals surface area contributed by atoms with Gasteiger partial charge in [-0.15, -0.1) is 0 Å². The molecule has 1 heterocycles. The fraction of sp³-hybridized carbons (Fsp3) is 0.790. The largest absolute Gasteiger partial charge is 0.390 e. The first-order valence-electron chi connectivity index (χ1n) is 30.6. The number of nitrogens with zero attached hydrogens (tertiary/aromatic N) is 7. The Morgan fingerprint density at radius 1 is 0.471 bits per heavy atom. The van der Waals surface area contributed by atoms with Gasteiger partial charge in [0, 0.05) is 49.3 Å². The predicted molar refractivity (Wildman–Crippen MR) is 328 cm³/mol. The van der Waals surface area contributed by atoms with Crippen molar-refractivity contribution >= 4 is 65.0 Å². The van der Waals surface area contributed by atoms with Gasteiger partial charge in [-0.3, -0.25) is 52.7 Å². The Morgan fingerprint density at radius 3 is 1.38 bits per heavy atom. The molecule has 1 aliphatic rings. The molecule has 0 spiro atoms. The number of nitrogens with one attached hydrogen (secondary N) is 4. The van der Waals surface area contributed by atoms with Crippen LogP contribution in [0.1, 0.15) is 156 Å². The van der Waals surface area contributed by atoms with E-state index in [-0.39, 0.29) is 55.8 Å². The van der Waals surface area contributed by atoms with Gasteiger partial charge in [0.05, 0.1) is 12.6 Å². The highest BCUT2D eigenvalue weighted by atomic mass is 16.3. The maximum absolute atomic E-state index is 15.1. The minimum atomic E-state index is -1.61. The minimum Gasteiger partial charge on any atom is -0.390 e. The highest BCUT2D eigenvalue weighted by Crippen LogP contribution is 2.25. The molecule has 1 saturated heterocycles. The highest BCUT2D eigenvalue weighted by Gasteiger charge is 2.45. The van der Waals surface area contributed by atoms with Crippen LogP contribution in [-0.2, 0) is 52.7 Å². The van der Waals surface area contributed by atoms with Gasteiger partial charge in [0.25, 0.3) is 0 Å². The average molecular weight is 1200 g/mol. The molecule has 0 aromatic carbocycles. The number of rotatable bonds is 15. The van der Waals surface area contributed by atoms with Crippen molar-refractivity contribution in [3.05, 3.63) is 12.2 Å². The SMILES string of the molecule is C/C=C/C[C@@H](C)[C@@H](O)[C@H]1C(=O)N[C@@H](CC)C(=O)N(C)CC(=O)N(C)[C@@H](C)C(=O)N[C@@H](C(C)C)C(=O)N(C)[C@@H](CC(C)C)C(=O)N[C@@H](CC(C)C)C(=O)N[C@H](C)C(=O)N(C)[C@@H](CC(C)C)C(=O)N(C)[C@@H](CC(C)C)C(=O)N(C)[C@@H](C(C)C)C(=O)N1C. The Bertz CT molecular complexity index is 2330. The van der Waals surface area contributed by atoms with Crippen molar-refractivity contribution in [3.8, 4) is 0 Å². The van der Waals surface area contributed by atoms with Gasteiger partial charge in [0.1, 0.15) is 60.4 Å². The number of aliphatic hydroxyl groups is 1. The van der Waals surface area contributed by atoms with Gasteiger partial charge in [0.15, 0.2) is 0 Å². The summed E-state index contributed by atoms with van der Waals surface area (Å²) in [5.41, 5.74) is 0. The van der Waals surface area contributed by atoms with E-state index in [1.807, 2.05) is 55.4 Å². The summed E-state index contributed by atoms with van der Waals surface area (Å²) in [5.74, 6) is -9.71. The summed E-state index contributed by atoms with van der Waals surface area (Å²) >= 11 is 0. The van der Waals surface area contributed by atoms with Crippen LogP contribution >= 0.6 is 0 Å². The molecule has 1 aliphatic heterocycles. The van der Waals surface area contributed by atoms with E-state index in [0.29, 0.717) is 6.42 Å². The number of carbonyl (C=O) groups is 11. The van der Waals surface area contributed by atoms with Gasteiger partial charge in [-0.1, -0.05) is 109 Å². The van der Waals surface area contributed by atoms with Crippen molar-refractivity contribution in [2.75, 3.05) is 55.9 Å². The standard InChI is InChI=1S/C62H111N11O12/c1-25-27-28-40(15)52(75)51-56(79)64-43(26-2)58(81)67(18)33-48(74)68(19)42(17)53(76)66-49(38(11)12)61(84)69(20)45(30-35(5)6)55(78)65-44(29-34(3)4)54(77)63-41(16)57(80)70(21)46(31-36(7)8)59(82)71(22)47(32-37(9)10)60(83)72(23)50(39(13)14)62(85)73(51)24/h25,27,34-47,49-52,75H,26,28-33H2,1-24H3,(H,63,77)(H,64,79)(H,65,78)(H,66,76)/b27-25+/t40-,41-,42+,43+,44+,45+,46+,47+,49+,50+,51+,52-/m1/s1. The molecule has 23 nitrogen and oxygen atoms in total. The Hall–Kier alpha value is -6.13. The third kappa shape index (κ3) is 21.7. The molecule has 0 bridgehead atoms. The Balaban J connectivity index is 4.32. The molecule has 0 aromatic heterocycles. The Morgan fingerprint density at radius 2 is 0.918 bits per heavy atom. The molecule has 1 rings (SSSR count). The molecule has 486 valence electrons. The fourth-order valence-corrected chi connectivity index (χ4v) is 10.6. The Kier molecular flexibility index (Phi) is 31.5.